The van der Waals surface area contributed by atoms with Gasteiger partial charge in [-0.25, -0.2) is 14.6 Å². The number of nitrogens with zero attached hydrogens (tertiary/aromatic N) is 4. The van der Waals surface area contributed by atoms with Gasteiger partial charge < -0.3 is 10.6 Å². The molecule has 176 valence electrons. The van der Waals surface area contributed by atoms with Crippen LogP contribution in [0, 0.1) is 19.8 Å². The molecule has 2 N–H and O–H groups in total. The molecule has 1 amide bonds. The van der Waals surface area contributed by atoms with Crippen LogP contribution < -0.4 is 10.6 Å². The van der Waals surface area contributed by atoms with Crippen molar-refractivity contribution in [2.24, 2.45) is 5.92 Å². The molecule has 0 atom stereocenters. The van der Waals surface area contributed by atoms with Gasteiger partial charge in [0.25, 0.3) is 0 Å². The van der Waals surface area contributed by atoms with Gasteiger partial charge in [0.15, 0.2) is 5.65 Å². The number of carbonyl (C=O) groups is 1. The van der Waals surface area contributed by atoms with Crippen molar-refractivity contribution in [2.45, 2.75) is 85.2 Å². The van der Waals surface area contributed by atoms with Crippen molar-refractivity contribution in [1.82, 2.24) is 25.1 Å². The highest BCUT2D eigenvalue weighted by Crippen LogP contribution is 2.29. The lowest BCUT2D eigenvalue weighted by atomic mass is 9.91. The minimum Gasteiger partial charge on any atom is -0.367 e. The second-order valence-electron chi connectivity index (χ2n) is 9.73. The number of carbonyl (C=O) groups excluding carboxylic acids is 1. The largest absolute Gasteiger partial charge is 0.367 e. The first-order valence-corrected chi connectivity index (χ1v) is 12.2. The lowest BCUT2D eigenvalue weighted by molar-refractivity contribution is -0.122. The Hall–Kier alpha value is -2.96. The summed E-state index contributed by atoms with van der Waals surface area (Å²) in [6.07, 6.45) is 5.34. The summed E-state index contributed by atoms with van der Waals surface area (Å²) in [4.78, 5) is 21.8. The molecule has 1 saturated carbocycles. The number of hydrogen-bond acceptors (Lipinski definition) is 5. The highest BCUT2D eigenvalue weighted by atomic mass is 16.1. The van der Waals surface area contributed by atoms with Crippen LogP contribution in [0.4, 0.5) is 5.82 Å². The van der Waals surface area contributed by atoms with Gasteiger partial charge in [0.2, 0.25) is 5.91 Å². The van der Waals surface area contributed by atoms with E-state index >= 15 is 0 Å². The van der Waals surface area contributed by atoms with Crippen LogP contribution in [0.15, 0.2) is 24.3 Å². The lowest BCUT2D eigenvalue weighted by Crippen LogP contribution is -2.40. The summed E-state index contributed by atoms with van der Waals surface area (Å²) in [6.45, 7) is 10.3. The molecule has 0 aliphatic heterocycles. The first-order valence-electron chi connectivity index (χ1n) is 12.2. The van der Waals surface area contributed by atoms with Crippen molar-refractivity contribution in [1.29, 1.82) is 0 Å². The van der Waals surface area contributed by atoms with Crippen LogP contribution in [0.25, 0.3) is 16.7 Å². The van der Waals surface area contributed by atoms with E-state index in [-0.39, 0.29) is 11.9 Å². The first-order chi connectivity index (χ1) is 15.8. The molecule has 1 aliphatic carbocycles. The molecule has 1 fully saturated rings. The summed E-state index contributed by atoms with van der Waals surface area (Å²) in [7, 11) is 0. The van der Waals surface area contributed by atoms with E-state index in [1.807, 2.05) is 11.6 Å². The van der Waals surface area contributed by atoms with E-state index in [1.54, 1.807) is 0 Å². The Bertz CT molecular complexity index is 1110. The first kappa shape index (κ1) is 23.2. The average molecular weight is 449 g/mol. The fourth-order valence-electron chi connectivity index (χ4n) is 4.59. The second-order valence-corrected chi connectivity index (χ2v) is 9.73. The van der Waals surface area contributed by atoms with Crippen LogP contribution in [0.1, 0.15) is 70.0 Å². The summed E-state index contributed by atoms with van der Waals surface area (Å²) in [6, 6.07) is 8.95. The van der Waals surface area contributed by atoms with Crippen molar-refractivity contribution in [3.05, 3.63) is 41.3 Å². The van der Waals surface area contributed by atoms with E-state index in [4.69, 9.17) is 15.1 Å². The van der Waals surface area contributed by atoms with Crippen LogP contribution >= 0.6 is 0 Å². The molecule has 1 aliphatic rings. The van der Waals surface area contributed by atoms with Crippen molar-refractivity contribution in [3.63, 3.8) is 0 Å². The standard InChI is InChI=1S/C26H36N6O/c1-6-22-29-25(28-20-11-9-19(10-12-20)27-23(33)15-16(2)3)24-18(5)31-32(26(24)30-22)21-13-7-17(4)8-14-21/h7-8,13-14,16,19-20H,6,9-12,15H2,1-5H3,(H,27,33)(H,28,29,30). The number of amides is 1. The van der Waals surface area contributed by atoms with Crippen LogP contribution in [0.3, 0.4) is 0 Å². The molecule has 0 unspecified atom stereocenters. The van der Waals surface area contributed by atoms with E-state index in [0.29, 0.717) is 18.4 Å². The molecule has 0 saturated heterocycles. The van der Waals surface area contributed by atoms with Crippen molar-refractivity contribution in [3.8, 4) is 5.69 Å². The minimum absolute atomic E-state index is 0.172. The predicted octanol–water partition coefficient (Wildman–Crippen LogP) is 4.88. The molecular weight excluding hydrogens is 412 g/mol. The van der Waals surface area contributed by atoms with E-state index in [0.717, 1.165) is 66.2 Å². The summed E-state index contributed by atoms with van der Waals surface area (Å²) in [5.41, 5.74) is 3.99. The van der Waals surface area contributed by atoms with E-state index < -0.39 is 0 Å². The molecule has 1 aromatic carbocycles. The Morgan fingerprint density at radius 1 is 1.06 bits per heavy atom. The molecule has 0 bridgehead atoms. The number of nitrogens with one attached hydrogen (secondary N) is 2. The van der Waals surface area contributed by atoms with Crippen LogP contribution in [0.2, 0.25) is 0 Å². The van der Waals surface area contributed by atoms with Gasteiger partial charge in [-0.2, -0.15) is 5.10 Å². The molecule has 2 heterocycles. The third kappa shape index (κ3) is 5.34. The van der Waals surface area contributed by atoms with Gasteiger partial charge in [-0.05, 0) is 57.6 Å². The third-order valence-corrected chi connectivity index (χ3v) is 6.37. The highest BCUT2D eigenvalue weighted by Gasteiger charge is 2.25. The van der Waals surface area contributed by atoms with Gasteiger partial charge in [0, 0.05) is 24.9 Å². The Kier molecular flexibility index (Phi) is 6.96. The van der Waals surface area contributed by atoms with Gasteiger partial charge >= 0.3 is 0 Å². The molecule has 7 nitrogen and oxygen atoms in total. The molecular formula is C26H36N6O. The number of benzene rings is 1. The smallest absolute Gasteiger partial charge is 0.220 e. The zero-order chi connectivity index (χ0) is 23.5. The summed E-state index contributed by atoms with van der Waals surface area (Å²) in [5.74, 6) is 2.25. The average Bonchev–Trinajstić information content (AvgIpc) is 3.11. The topological polar surface area (TPSA) is 84.7 Å². The van der Waals surface area contributed by atoms with Crippen molar-refractivity contribution >= 4 is 22.8 Å². The molecule has 3 aromatic rings. The molecule has 2 aromatic heterocycles. The van der Waals surface area contributed by atoms with Gasteiger partial charge in [0.05, 0.1) is 16.8 Å². The lowest BCUT2D eigenvalue weighted by Gasteiger charge is -2.30. The Labute approximate surface area is 196 Å². The zero-order valence-electron chi connectivity index (χ0n) is 20.5. The minimum atomic E-state index is 0.172. The van der Waals surface area contributed by atoms with Gasteiger partial charge in [-0.3, -0.25) is 4.79 Å². The fraction of sp³-hybridized carbons (Fsp3) is 0.538. The third-order valence-electron chi connectivity index (χ3n) is 6.37. The quantitative estimate of drug-likeness (QED) is 0.538. The number of hydrogen-bond donors (Lipinski definition) is 2. The maximum Gasteiger partial charge on any atom is 0.220 e. The summed E-state index contributed by atoms with van der Waals surface area (Å²) >= 11 is 0. The van der Waals surface area contributed by atoms with Crippen LogP contribution in [-0.2, 0) is 11.2 Å². The molecule has 4 rings (SSSR count). The number of aryl methyl sites for hydroxylation is 3. The second kappa shape index (κ2) is 9.89. The van der Waals surface area contributed by atoms with Gasteiger partial charge in [-0.15, -0.1) is 0 Å². The number of rotatable bonds is 7. The fourth-order valence-corrected chi connectivity index (χ4v) is 4.59. The van der Waals surface area contributed by atoms with Gasteiger partial charge in [-0.1, -0.05) is 38.5 Å². The number of fused-ring (bicyclic) bond motifs is 1. The Morgan fingerprint density at radius 3 is 2.36 bits per heavy atom. The van der Waals surface area contributed by atoms with Crippen LogP contribution in [-0.4, -0.2) is 37.7 Å². The molecule has 33 heavy (non-hydrogen) atoms. The highest BCUT2D eigenvalue weighted by molar-refractivity contribution is 5.90. The van der Waals surface area contributed by atoms with E-state index in [9.17, 15) is 4.79 Å². The summed E-state index contributed by atoms with van der Waals surface area (Å²) < 4.78 is 1.93. The molecule has 0 radical (unpaired) electrons. The van der Waals surface area contributed by atoms with Crippen molar-refractivity contribution in [2.75, 3.05) is 5.32 Å². The molecule has 7 heteroatoms. The number of anilines is 1. The zero-order valence-corrected chi connectivity index (χ0v) is 20.5. The summed E-state index contributed by atoms with van der Waals surface area (Å²) in [5, 5.41) is 12.7. The van der Waals surface area contributed by atoms with Crippen LogP contribution in [0.5, 0.6) is 0 Å². The molecule has 0 spiro atoms. The number of aromatic nitrogens is 4. The van der Waals surface area contributed by atoms with E-state index in [1.165, 1.54) is 5.56 Å². The van der Waals surface area contributed by atoms with E-state index in [2.05, 4.69) is 62.6 Å². The normalized spacial score (nSPS) is 18.6. The Balaban J connectivity index is 1.54. The maximum absolute atomic E-state index is 12.1. The predicted molar refractivity (Wildman–Crippen MR) is 133 cm³/mol. The van der Waals surface area contributed by atoms with Crippen molar-refractivity contribution < 1.29 is 4.79 Å². The van der Waals surface area contributed by atoms with Gasteiger partial charge in [0.1, 0.15) is 11.6 Å². The monoisotopic (exact) mass is 448 g/mol. The maximum atomic E-state index is 12.1. The Morgan fingerprint density at radius 2 is 1.73 bits per heavy atom. The SMILES string of the molecule is CCc1nc(NC2CCC(NC(=O)CC(C)C)CC2)c2c(C)nn(-c3ccc(C)cc3)c2n1.